The van der Waals surface area contributed by atoms with Crippen molar-refractivity contribution in [3.63, 3.8) is 0 Å². The third kappa shape index (κ3) is 5.18. The molecule has 0 bridgehead atoms. The summed E-state index contributed by atoms with van der Waals surface area (Å²) in [7, 11) is 0. The molecule has 0 spiro atoms. The van der Waals surface area contributed by atoms with E-state index in [0.29, 0.717) is 11.3 Å². The van der Waals surface area contributed by atoms with E-state index in [1.165, 1.54) is 32.1 Å². The molecule has 0 aromatic carbocycles. The van der Waals surface area contributed by atoms with Crippen molar-refractivity contribution in [3.05, 3.63) is 0 Å². The Morgan fingerprint density at radius 2 is 1.81 bits per heavy atom. The van der Waals surface area contributed by atoms with Gasteiger partial charge < -0.3 is 4.74 Å². The van der Waals surface area contributed by atoms with Crippen LogP contribution < -0.4 is 0 Å². The van der Waals surface area contributed by atoms with Crippen LogP contribution in [0, 0.1) is 17.3 Å². The molecule has 0 aromatic rings. The molecule has 1 fully saturated rings. The molecule has 0 N–H and O–H groups in total. The lowest BCUT2D eigenvalue weighted by atomic mass is 9.82. The minimum atomic E-state index is 0.343. The van der Waals surface area contributed by atoms with Gasteiger partial charge in [-0.2, -0.15) is 0 Å². The van der Waals surface area contributed by atoms with E-state index in [-0.39, 0.29) is 0 Å². The van der Waals surface area contributed by atoms with Crippen LogP contribution in [-0.4, -0.2) is 18.5 Å². The summed E-state index contributed by atoms with van der Waals surface area (Å²) in [6.07, 6.45) is 7.02. The fraction of sp³-hybridized carbons (Fsp3) is 1.00. The maximum Gasteiger partial charge on any atom is 0.0507 e. The van der Waals surface area contributed by atoms with Crippen LogP contribution in [0.2, 0.25) is 0 Å². The molecular weight excluding hydrogens is 264 g/mol. The number of halogens is 1. The molecule has 1 aliphatic carbocycles. The summed E-state index contributed by atoms with van der Waals surface area (Å²) >= 11 is 3.60. The lowest BCUT2D eigenvalue weighted by Crippen LogP contribution is -2.27. The number of hydrogen-bond acceptors (Lipinski definition) is 1. The second-order valence-corrected chi connectivity index (χ2v) is 6.91. The van der Waals surface area contributed by atoms with Gasteiger partial charge in [0.25, 0.3) is 0 Å². The predicted octanol–water partition coefficient (Wildman–Crippen LogP) is 4.64. The average molecular weight is 291 g/mol. The number of rotatable bonds is 5. The summed E-state index contributed by atoms with van der Waals surface area (Å²) in [6.45, 7) is 8.78. The van der Waals surface area contributed by atoms with Gasteiger partial charge in [0.2, 0.25) is 0 Å². The van der Waals surface area contributed by atoms with E-state index in [9.17, 15) is 0 Å². The summed E-state index contributed by atoms with van der Waals surface area (Å²) in [4.78, 5) is 0. The zero-order valence-corrected chi connectivity index (χ0v) is 12.7. The number of ether oxygens (including phenoxy) is 1. The lowest BCUT2D eigenvalue weighted by Gasteiger charge is -2.30. The molecule has 0 radical (unpaired) electrons. The fourth-order valence-corrected chi connectivity index (χ4v) is 3.41. The van der Waals surface area contributed by atoms with Crippen LogP contribution in [-0.2, 0) is 4.74 Å². The first-order chi connectivity index (χ1) is 7.54. The minimum absolute atomic E-state index is 0.343. The summed E-state index contributed by atoms with van der Waals surface area (Å²) in [6, 6.07) is 0. The maximum atomic E-state index is 5.92. The molecule has 0 aliphatic heterocycles. The van der Waals surface area contributed by atoms with E-state index < -0.39 is 0 Å². The molecule has 96 valence electrons. The largest absolute Gasteiger partial charge is 0.381 e. The van der Waals surface area contributed by atoms with Crippen molar-refractivity contribution in [2.24, 2.45) is 17.3 Å². The van der Waals surface area contributed by atoms with Gasteiger partial charge in [-0.25, -0.2) is 0 Å². The monoisotopic (exact) mass is 290 g/mol. The first kappa shape index (κ1) is 14.5. The third-order valence-corrected chi connectivity index (χ3v) is 4.59. The molecule has 1 aliphatic rings. The Bertz CT molecular complexity index is 180. The molecular formula is C14H27BrO. The van der Waals surface area contributed by atoms with E-state index in [1.807, 2.05) is 0 Å². The average Bonchev–Trinajstić information content (AvgIpc) is 2.24. The maximum absolute atomic E-state index is 5.92. The van der Waals surface area contributed by atoms with E-state index in [4.69, 9.17) is 4.74 Å². The van der Waals surface area contributed by atoms with Crippen molar-refractivity contribution < 1.29 is 4.74 Å². The van der Waals surface area contributed by atoms with Gasteiger partial charge in [-0.3, -0.25) is 0 Å². The van der Waals surface area contributed by atoms with Gasteiger partial charge in [-0.05, 0) is 30.1 Å². The molecule has 0 saturated heterocycles. The highest BCUT2D eigenvalue weighted by Crippen LogP contribution is 2.29. The van der Waals surface area contributed by atoms with Crippen molar-refractivity contribution in [2.75, 3.05) is 18.5 Å². The lowest BCUT2D eigenvalue weighted by molar-refractivity contribution is 0.0376. The van der Waals surface area contributed by atoms with Gasteiger partial charge in [-0.15, -0.1) is 0 Å². The summed E-state index contributed by atoms with van der Waals surface area (Å²) in [5.74, 6) is 1.46. The molecule has 16 heavy (non-hydrogen) atoms. The summed E-state index contributed by atoms with van der Waals surface area (Å²) < 4.78 is 5.92. The highest BCUT2D eigenvalue weighted by molar-refractivity contribution is 9.09. The van der Waals surface area contributed by atoms with Gasteiger partial charge in [-0.1, -0.05) is 56.0 Å². The molecule has 2 heteroatoms. The van der Waals surface area contributed by atoms with Gasteiger partial charge >= 0.3 is 0 Å². The van der Waals surface area contributed by atoms with Crippen LogP contribution in [0.4, 0.5) is 0 Å². The van der Waals surface area contributed by atoms with Crippen LogP contribution in [0.1, 0.15) is 52.9 Å². The first-order valence-corrected chi connectivity index (χ1v) is 7.80. The van der Waals surface area contributed by atoms with Gasteiger partial charge in [0, 0.05) is 11.9 Å². The Morgan fingerprint density at radius 1 is 1.19 bits per heavy atom. The van der Waals surface area contributed by atoms with Crippen molar-refractivity contribution in [2.45, 2.75) is 52.9 Å². The Hall–Kier alpha value is 0.440. The third-order valence-electron chi connectivity index (χ3n) is 3.81. The van der Waals surface area contributed by atoms with Crippen molar-refractivity contribution >= 4 is 15.9 Å². The predicted molar refractivity (Wildman–Crippen MR) is 74.1 cm³/mol. The van der Waals surface area contributed by atoms with Crippen LogP contribution in [0.25, 0.3) is 0 Å². The Balaban J connectivity index is 2.17. The zero-order chi connectivity index (χ0) is 12.0. The minimum Gasteiger partial charge on any atom is -0.381 e. The quantitative estimate of drug-likeness (QED) is 0.670. The van der Waals surface area contributed by atoms with Crippen LogP contribution in [0.15, 0.2) is 0 Å². The summed E-state index contributed by atoms with van der Waals surface area (Å²) in [5.41, 5.74) is 0.343. The van der Waals surface area contributed by atoms with Crippen molar-refractivity contribution in [1.29, 1.82) is 0 Å². The second-order valence-electron chi connectivity index (χ2n) is 6.26. The van der Waals surface area contributed by atoms with E-state index in [0.717, 1.165) is 24.5 Å². The van der Waals surface area contributed by atoms with Gasteiger partial charge in [0.1, 0.15) is 0 Å². The number of hydrogen-bond donors (Lipinski definition) is 0. The molecule has 1 unspecified atom stereocenters. The molecule has 0 amide bonds. The standard InChI is InChI=1S/C14H27BrO/c1-14(2,3)13(9-15)11-16-10-12-7-5-4-6-8-12/h12-13H,4-11H2,1-3H3. The van der Waals surface area contributed by atoms with Gasteiger partial charge in [0.15, 0.2) is 0 Å². The molecule has 0 aromatic heterocycles. The molecule has 1 rings (SSSR count). The van der Waals surface area contributed by atoms with Crippen molar-refractivity contribution in [3.8, 4) is 0 Å². The first-order valence-electron chi connectivity index (χ1n) is 6.67. The Morgan fingerprint density at radius 3 is 2.31 bits per heavy atom. The van der Waals surface area contributed by atoms with E-state index in [2.05, 4.69) is 36.7 Å². The highest BCUT2D eigenvalue weighted by atomic mass is 79.9. The summed E-state index contributed by atoms with van der Waals surface area (Å²) in [5, 5.41) is 1.04. The highest BCUT2D eigenvalue weighted by Gasteiger charge is 2.24. The normalized spacial score (nSPS) is 21.0. The second kappa shape index (κ2) is 7.00. The van der Waals surface area contributed by atoms with Crippen LogP contribution in [0.3, 0.4) is 0 Å². The van der Waals surface area contributed by atoms with Crippen LogP contribution >= 0.6 is 15.9 Å². The molecule has 1 nitrogen and oxygen atoms in total. The fourth-order valence-electron chi connectivity index (χ4n) is 2.26. The van der Waals surface area contributed by atoms with Gasteiger partial charge in [0.05, 0.1) is 6.61 Å². The molecule has 0 heterocycles. The van der Waals surface area contributed by atoms with Crippen LogP contribution in [0.5, 0.6) is 0 Å². The Kier molecular flexibility index (Phi) is 6.35. The number of alkyl halides is 1. The zero-order valence-electron chi connectivity index (χ0n) is 11.1. The smallest absolute Gasteiger partial charge is 0.0507 e. The Labute approximate surface area is 109 Å². The molecule has 1 saturated carbocycles. The molecule has 1 atom stereocenters. The van der Waals surface area contributed by atoms with Crippen molar-refractivity contribution in [1.82, 2.24) is 0 Å². The van der Waals surface area contributed by atoms with E-state index >= 15 is 0 Å². The SMILES string of the molecule is CC(C)(C)C(CBr)COCC1CCCCC1. The van der Waals surface area contributed by atoms with E-state index in [1.54, 1.807) is 0 Å². The topological polar surface area (TPSA) is 9.23 Å².